The molecule has 2 N–H and O–H groups in total. The van der Waals surface area contributed by atoms with Crippen molar-refractivity contribution in [3.05, 3.63) is 29.0 Å². The Morgan fingerprint density at radius 3 is 2.52 bits per heavy atom. The van der Waals surface area contributed by atoms with Gasteiger partial charge in [0.2, 0.25) is 5.88 Å². The normalized spacial score (nSPS) is 11.7. The Bertz CT molecular complexity index is 1060. The first-order chi connectivity index (χ1) is 11.0. The molecule has 7 nitrogen and oxygen atoms in total. The number of aromatic hydroxyl groups is 1. The minimum Gasteiger partial charge on any atom is -0.493 e. The van der Waals surface area contributed by atoms with E-state index < -0.39 is 0 Å². The highest BCUT2D eigenvalue weighted by Crippen LogP contribution is 2.35. The zero-order valence-corrected chi connectivity index (χ0v) is 13.2. The smallest absolute Gasteiger partial charge is 0.226 e. The van der Waals surface area contributed by atoms with E-state index in [2.05, 4.69) is 25.1 Å². The molecule has 0 saturated heterocycles. The van der Waals surface area contributed by atoms with Gasteiger partial charge in [0.05, 0.1) is 11.2 Å². The molecule has 0 spiro atoms. The van der Waals surface area contributed by atoms with Crippen LogP contribution in [0.5, 0.6) is 5.88 Å². The molecular formula is C16H15N5O2. The lowest BCUT2D eigenvalue weighted by molar-refractivity contribution is 0.393. The molecule has 4 rings (SSSR count). The van der Waals surface area contributed by atoms with Gasteiger partial charge in [-0.15, -0.1) is 0 Å². The molecule has 23 heavy (non-hydrogen) atoms. The third kappa shape index (κ3) is 1.89. The Morgan fingerprint density at radius 2 is 1.83 bits per heavy atom. The average Bonchev–Trinajstić information content (AvgIpc) is 2.98. The first kappa shape index (κ1) is 13.7. The number of nitrogens with one attached hydrogen (secondary N) is 1. The molecule has 0 amide bonds. The van der Waals surface area contributed by atoms with Crippen molar-refractivity contribution >= 4 is 22.1 Å². The van der Waals surface area contributed by atoms with Crippen molar-refractivity contribution in [3.8, 4) is 17.0 Å². The number of H-pyrrole nitrogens is 1. The quantitative estimate of drug-likeness (QED) is 0.560. The third-order valence-corrected chi connectivity index (χ3v) is 4.01. The minimum atomic E-state index is -0.0595. The summed E-state index contributed by atoms with van der Waals surface area (Å²) in [5.74, 6) is 1.20. The number of hydrogen-bond donors (Lipinski definition) is 2. The second kappa shape index (κ2) is 4.52. The van der Waals surface area contributed by atoms with Gasteiger partial charge < -0.3 is 14.6 Å². The van der Waals surface area contributed by atoms with E-state index in [4.69, 9.17) is 4.52 Å². The molecule has 0 aliphatic rings. The van der Waals surface area contributed by atoms with Gasteiger partial charge in [0.25, 0.3) is 0 Å². The topological polar surface area (TPSA) is 101 Å². The largest absolute Gasteiger partial charge is 0.493 e. The maximum Gasteiger partial charge on any atom is 0.226 e. The Balaban J connectivity index is 2.09. The van der Waals surface area contributed by atoms with Crippen molar-refractivity contribution in [2.75, 3.05) is 0 Å². The van der Waals surface area contributed by atoms with Gasteiger partial charge in [-0.2, -0.15) is 4.98 Å². The number of aromatic nitrogens is 5. The van der Waals surface area contributed by atoms with Crippen LogP contribution in [0.2, 0.25) is 0 Å². The van der Waals surface area contributed by atoms with E-state index in [1.807, 2.05) is 26.8 Å². The maximum atomic E-state index is 10.1. The van der Waals surface area contributed by atoms with Crippen LogP contribution in [-0.4, -0.2) is 30.2 Å². The van der Waals surface area contributed by atoms with Crippen LogP contribution in [0, 0.1) is 27.7 Å². The van der Waals surface area contributed by atoms with E-state index in [-0.39, 0.29) is 5.88 Å². The van der Waals surface area contributed by atoms with Crippen LogP contribution in [0.3, 0.4) is 0 Å². The SMILES string of the molecule is Cc1nc(O)c2c(n1)[nH]c1cc(-c3c(C)noc3C)c(C)nc12. The van der Waals surface area contributed by atoms with Gasteiger partial charge in [-0.05, 0) is 33.8 Å². The zero-order chi connectivity index (χ0) is 16.3. The number of hydrogen-bond acceptors (Lipinski definition) is 6. The van der Waals surface area contributed by atoms with E-state index >= 15 is 0 Å². The summed E-state index contributed by atoms with van der Waals surface area (Å²) in [4.78, 5) is 16.2. The molecule has 0 aromatic carbocycles. The molecule has 4 aromatic heterocycles. The molecule has 0 saturated carbocycles. The fraction of sp³-hybridized carbons (Fsp3) is 0.250. The summed E-state index contributed by atoms with van der Waals surface area (Å²) in [7, 11) is 0. The lowest BCUT2D eigenvalue weighted by atomic mass is 10.0. The van der Waals surface area contributed by atoms with E-state index in [1.54, 1.807) is 6.92 Å². The Morgan fingerprint density at radius 1 is 1.04 bits per heavy atom. The van der Waals surface area contributed by atoms with Crippen molar-refractivity contribution in [1.29, 1.82) is 0 Å². The van der Waals surface area contributed by atoms with E-state index in [9.17, 15) is 5.11 Å². The summed E-state index contributed by atoms with van der Waals surface area (Å²) in [6.45, 7) is 7.44. The summed E-state index contributed by atoms with van der Waals surface area (Å²) in [6, 6.07) is 1.99. The molecule has 4 heterocycles. The van der Waals surface area contributed by atoms with Crippen LogP contribution < -0.4 is 0 Å². The van der Waals surface area contributed by atoms with Gasteiger partial charge in [-0.3, -0.25) is 0 Å². The minimum absolute atomic E-state index is 0.0595. The van der Waals surface area contributed by atoms with Crippen molar-refractivity contribution < 1.29 is 9.63 Å². The number of aromatic amines is 1. The molecule has 0 atom stereocenters. The van der Waals surface area contributed by atoms with Crippen LogP contribution in [0.1, 0.15) is 23.0 Å². The lowest BCUT2D eigenvalue weighted by Crippen LogP contribution is -1.91. The molecule has 4 aromatic rings. The standard InChI is InChI=1S/C16H15N5O2/c1-6-10(12-7(2)21-23-8(12)3)5-11-14(17-6)13-15(20-11)18-9(4)19-16(13)22/h5H,1-4H3,(H2,18,19,20,22). The zero-order valence-electron chi connectivity index (χ0n) is 13.2. The molecule has 0 unspecified atom stereocenters. The van der Waals surface area contributed by atoms with Crippen molar-refractivity contribution in [3.63, 3.8) is 0 Å². The Hall–Kier alpha value is -2.96. The number of nitrogens with zero attached hydrogens (tertiary/aromatic N) is 4. The summed E-state index contributed by atoms with van der Waals surface area (Å²) in [6.07, 6.45) is 0. The van der Waals surface area contributed by atoms with Crippen molar-refractivity contribution in [1.82, 2.24) is 25.1 Å². The second-order valence-corrected chi connectivity index (χ2v) is 5.66. The second-order valence-electron chi connectivity index (χ2n) is 5.66. The lowest BCUT2D eigenvalue weighted by Gasteiger charge is -2.05. The number of fused-ring (bicyclic) bond motifs is 3. The number of rotatable bonds is 1. The molecule has 0 radical (unpaired) electrons. The molecule has 0 bridgehead atoms. The molecule has 7 heteroatoms. The van der Waals surface area contributed by atoms with Crippen LogP contribution >= 0.6 is 0 Å². The van der Waals surface area contributed by atoms with Crippen LogP contribution in [0.25, 0.3) is 33.2 Å². The summed E-state index contributed by atoms with van der Waals surface area (Å²) in [5, 5.41) is 14.7. The molecule has 0 aliphatic heterocycles. The number of aryl methyl sites for hydroxylation is 4. The highest BCUT2D eigenvalue weighted by atomic mass is 16.5. The first-order valence-electron chi connectivity index (χ1n) is 7.25. The highest BCUT2D eigenvalue weighted by molar-refractivity contribution is 6.07. The van der Waals surface area contributed by atoms with E-state index in [0.29, 0.717) is 22.4 Å². The van der Waals surface area contributed by atoms with Crippen LogP contribution in [0.15, 0.2) is 10.6 Å². The fourth-order valence-electron chi connectivity index (χ4n) is 3.01. The maximum absolute atomic E-state index is 10.1. The fourth-order valence-corrected chi connectivity index (χ4v) is 3.01. The Kier molecular flexibility index (Phi) is 2.69. The third-order valence-electron chi connectivity index (χ3n) is 4.01. The Labute approximate surface area is 131 Å². The van der Waals surface area contributed by atoms with E-state index in [0.717, 1.165) is 33.8 Å². The van der Waals surface area contributed by atoms with Crippen LogP contribution in [-0.2, 0) is 0 Å². The van der Waals surface area contributed by atoms with Gasteiger partial charge in [0, 0.05) is 16.8 Å². The average molecular weight is 309 g/mol. The molecular weight excluding hydrogens is 294 g/mol. The monoisotopic (exact) mass is 309 g/mol. The van der Waals surface area contributed by atoms with Crippen LogP contribution in [0.4, 0.5) is 0 Å². The van der Waals surface area contributed by atoms with Crippen molar-refractivity contribution in [2.24, 2.45) is 0 Å². The summed E-state index contributed by atoms with van der Waals surface area (Å²) in [5.41, 5.74) is 5.56. The molecule has 0 aliphatic carbocycles. The van der Waals surface area contributed by atoms with Gasteiger partial charge >= 0.3 is 0 Å². The van der Waals surface area contributed by atoms with Gasteiger partial charge in [-0.25, -0.2) is 9.97 Å². The summed E-state index contributed by atoms with van der Waals surface area (Å²) < 4.78 is 5.26. The molecule has 116 valence electrons. The predicted molar refractivity (Wildman–Crippen MR) is 85.3 cm³/mol. The van der Waals surface area contributed by atoms with Crippen molar-refractivity contribution in [2.45, 2.75) is 27.7 Å². The first-order valence-corrected chi connectivity index (χ1v) is 7.25. The highest BCUT2D eigenvalue weighted by Gasteiger charge is 2.19. The predicted octanol–water partition coefficient (Wildman–Crippen LogP) is 3.10. The number of pyridine rings is 1. The summed E-state index contributed by atoms with van der Waals surface area (Å²) >= 11 is 0. The van der Waals surface area contributed by atoms with Gasteiger partial charge in [0.1, 0.15) is 28.1 Å². The van der Waals surface area contributed by atoms with Gasteiger partial charge in [0.15, 0.2) is 0 Å². The molecule has 0 fully saturated rings. The van der Waals surface area contributed by atoms with Gasteiger partial charge in [-0.1, -0.05) is 5.16 Å². The van der Waals surface area contributed by atoms with E-state index in [1.165, 1.54) is 0 Å².